The normalized spacial score (nSPS) is 19.1. The summed E-state index contributed by atoms with van der Waals surface area (Å²) in [5, 5.41) is 6.34. The maximum absolute atomic E-state index is 14.0. The summed E-state index contributed by atoms with van der Waals surface area (Å²) in [7, 11) is -2.83. The number of amides is 1. The summed E-state index contributed by atoms with van der Waals surface area (Å²) in [6.45, 7) is 0.0374. The van der Waals surface area contributed by atoms with Crippen molar-refractivity contribution in [2.24, 2.45) is 5.73 Å². The van der Waals surface area contributed by atoms with Crippen molar-refractivity contribution in [2.75, 3.05) is 13.7 Å². The predicted octanol–water partition coefficient (Wildman–Crippen LogP) is 3.79. The first-order valence-corrected chi connectivity index (χ1v) is 14.7. The van der Waals surface area contributed by atoms with Crippen LogP contribution < -0.4 is 16.4 Å². The fourth-order valence-corrected chi connectivity index (χ4v) is 6.81. The lowest BCUT2D eigenvalue weighted by Crippen LogP contribution is -2.52. The Morgan fingerprint density at radius 1 is 0.902 bits per heavy atom. The van der Waals surface area contributed by atoms with Gasteiger partial charge in [0.1, 0.15) is 5.37 Å². The first-order chi connectivity index (χ1) is 19.8. The number of rotatable bonds is 8. The fourth-order valence-electron chi connectivity index (χ4n) is 5.13. The molecule has 0 fully saturated rings. The first-order valence-electron chi connectivity index (χ1n) is 13.2. The summed E-state index contributed by atoms with van der Waals surface area (Å²) in [5.74, 6) is -1.00. The third-order valence-electron chi connectivity index (χ3n) is 7.24. The van der Waals surface area contributed by atoms with E-state index in [1.807, 2.05) is 54.6 Å². The Bertz CT molecular complexity index is 1660. The van der Waals surface area contributed by atoms with Crippen molar-refractivity contribution in [1.82, 2.24) is 10.6 Å². The monoisotopic (exact) mass is 573 g/mol. The lowest BCUT2D eigenvalue weighted by atomic mass is 9.89. The summed E-state index contributed by atoms with van der Waals surface area (Å²) < 4.78 is 38.2. The quantitative estimate of drug-likeness (QED) is 0.271. The number of carbonyl (C=O) groups is 2. The molecule has 4 aromatic carbocycles. The van der Waals surface area contributed by atoms with Crippen molar-refractivity contribution in [3.63, 3.8) is 0 Å². The standard InChI is InChI=1S/C31H31N3O6S/c1-39-31(36)40-29-26(19-33-28(35)27(32)17-20-9-3-2-4-10-20)24-13-7-8-14-25(24)30(34-29)41(37,38)23-16-15-21-11-5-6-12-22(21)18-23/h2-16,18,26-27,29-30,34H,17,19,32H2,1H3,(H,33,35)/t26?,27-,29?,30?/m0/s1. The van der Waals surface area contributed by atoms with Gasteiger partial charge in [0.05, 0.1) is 24.0 Å². The van der Waals surface area contributed by atoms with Crippen LogP contribution in [0.25, 0.3) is 10.8 Å². The maximum atomic E-state index is 14.0. The highest BCUT2D eigenvalue weighted by atomic mass is 32.2. The molecule has 3 unspecified atom stereocenters. The van der Waals surface area contributed by atoms with Crippen LogP contribution in [0.2, 0.25) is 0 Å². The van der Waals surface area contributed by atoms with Crippen LogP contribution in [0.5, 0.6) is 0 Å². The first kappa shape index (κ1) is 28.3. The molecule has 0 bridgehead atoms. The van der Waals surface area contributed by atoms with Crippen LogP contribution in [0.15, 0.2) is 102 Å². The predicted molar refractivity (Wildman–Crippen MR) is 155 cm³/mol. The van der Waals surface area contributed by atoms with Crippen LogP contribution in [-0.2, 0) is 30.5 Å². The molecular weight excluding hydrogens is 542 g/mol. The summed E-state index contributed by atoms with van der Waals surface area (Å²) in [5.41, 5.74) is 8.21. The second kappa shape index (κ2) is 12.1. The molecule has 0 spiro atoms. The Kier molecular flexibility index (Phi) is 8.34. The molecule has 4 N–H and O–H groups in total. The van der Waals surface area contributed by atoms with Gasteiger partial charge >= 0.3 is 6.16 Å². The zero-order valence-corrected chi connectivity index (χ0v) is 23.2. The van der Waals surface area contributed by atoms with Gasteiger partial charge in [-0.3, -0.25) is 10.1 Å². The maximum Gasteiger partial charge on any atom is 0.509 e. The van der Waals surface area contributed by atoms with Crippen LogP contribution >= 0.6 is 0 Å². The number of nitrogens with two attached hydrogens (primary N) is 1. The molecule has 0 saturated heterocycles. The zero-order chi connectivity index (χ0) is 29.0. The van der Waals surface area contributed by atoms with Gasteiger partial charge in [0, 0.05) is 6.54 Å². The highest BCUT2D eigenvalue weighted by molar-refractivity contribution is 7.91. The number of carbonyl (C=O) groups excluding carboxylic acids is 2. The second-order valence-electron chi connectivity index (χ2n) is 9.87. The fraction of sp³-hybridized carbons (Fsp3) is 0.226. The Balaban J connectivity index is 1.44. The van der Waals surface area contributed by atoms with Crippen molar-refractivity contribution in [1.29, 1.82) is 0 Å². The van der Waals surface area contributed by atoms with Gasteiger partial charge in [-0.1, -0.05) is 84.9 Å². The number of methoxy groups -OCH3 is 1. The van der Waals surface area contributed by atoms with Gasteiger partial charge in [0.25, 0.3) is 0 Å². The number of benzene rings is 4. The minimum absolute atomic E-state index is 0.0374. The molecule has 212 valence electrons. The lowest BCUT2D eigenvalue weighted by molar-refractivity contribution is -0.122. The van der Waals surface area contributed by atoms with E-state index in [4.69, 9.17) is 15.2 Å². The lowest BCUT2D eigenvalue weighted by Gasteiger charge is -2.38. The number of hydrogen-bond acceptors (Lipinski definition) is 8. The molecule has 41 heavy (non-hydrogen) atoms. The molecule has 4 atom stereocenters. The van der Waals surface area contributed by atoms with E-state index in [9.17, 15) is 18.0 Å². The van der Waals surface area contributed by atoms with Crippen molar-refractivity contribution in [2.45, 2.75) is 34.9 Å². The molecule has 0 radical (unpaired) electrons. The molecule has 1 amide bonds. The van der Waals surface area contributed by atoms with E-state index >= 15 is 0 Å². The van der Waals surface area contributed by atoms with Gasteiger partial charge in [-0.2, -0.15) is 0 Å². The Hall–Kier alpha value is -4.25. The van der Waals surface area contributed by atoms with Crippen LogP contribution in [0.4, 0.5) is 4.79 Å². The number of fused-ring (bicyclic) bond motifs is 2. The zero-order valence-electron chi connectivity index (χ0n) is 22.4. The Morgan fingerprint density at radius 3 is 2.29 bits per heavy atom. The third-order valence-corrected chi connectivity index (χ3v) is 9.16. The van der Waals surface area contributed by atoms with Crippen LogP contribution in [-0.4, -0.2) is 46.4 Å². The van der Waals surface area contributed by atoms with Crippen molar-refractivity contribution in [3.8, 4) is 0 Å². The largest absolute Gasteiger partial charge is 0.509 e. The second-order valence-corrected chi connectivity index (χ2v) is 11.9. The number of sulfone groups is 1. The molecule has 10 heteroatoms. The van der Waals surface area contributed by atoms with Crippen molar-refractivity contribution in [3.05, 3.63) is 114 Å². The summed E-state index contributed by atoms with van der Waals surface area (Å²) in [4.78, 5) is 25.3. The average Bonchev–Trinajstić information content (AvgIpc) is 3.00. The summed E-state index contributed by atoms with van der Waals surface area (Å²) >= 11 is 0. The average molecular weight is 574 g/mol. The van der Waals surface area contributed by atoms with Gasteiger partial charge in [-0.25, -0.2) is 13.2 Å². The molecule has 0 aliphatic carbocycles. The SMILES string of the molecule is COC(=O)OC1NC(S(=O)(=O)c2ccc3ccccc3c2)c2ccccc2C1CNC(=O)[C@@H](N)Cc1ccccc1. The number of ether oxygens (including phenoxy) is 2. The van der Waals surface area contributed by atoms with Gasteiger partial charge in [-0.05, 0) is 46.0 Å². The minimum atomic E-state index is -4.00. The number of nitrogens with one attached hydrogen (secondary N) is 2. The van der Waals surface area contributed by atoms with Gasteiger partial charge in [-0.15, -0.1) is 0 Å². The summed E-state index contributed by atoms with van der Waals surface area (Å²) in [6, 6.07) is 28.1. The highest BCUT2D eigenvalue weighted by Crippen LogP contribution is 2.39. The molecule has 4 aromatic rings. The van der Waals surface area contributed by atoms with E-state index in [0.717, 1.165) is 16.3 Å². The smallest absolute Gasteiger partial charge is 0.438 e. The minimum Gasteiger partial charge on any atom is -0.438 e. The molecule has 5 rings (SSSR count). The van der Waals surface area contributed by atoms with Crippen LogP contribution in [0, 0.1) is 0 Å². The van der Waals surface area contributed by atoms with E-state index in [-0.39, 0.29) is 17.3 Å². The van der Waals surface area contributed by atoms with E-state index in [0.29, 0.717) is 17.5 Å². The third kappa shape index (κ3) is 6.09. The van der Waals surface area contributed by atoms with Crippen LogP contribution in [0.3, 0.4) is 0 Å². The number of hydrogen-bond donors (Lipinski definition) is 3. The van der Waals surface area contributed by atoms with E-state index in [1.54, 1.807) is 42.5 Å². The topological polar surface area (TPSA) is 137 Å². The highest BCUT2D eigenvalue weighted by Gasteiger charge is 2.43. The summed E-state index contributed by atoms with van der Waals surface area (Å²) in [6.07, 6.45) is -1.76. The van der Waals surface area contributed by atoms with Crippen molar-refractivity contribution >= 4 is 32.7 Å². The Labute approximate surface area is 238 Å². The van der Waals surface area contributed by atoms with E-state index in [2.05, 4.69) is 10.6 Å². The van der Waals surface area contributed by atoms with Gasteiger partial charge in [0.2, 0.25) is 5.91 Å². The molecule has 0 aromatic heterocycles. The van der Waals surface area contributed by atoms with Crippen LogP contribution in [0.1, 0.15) is 28.0 Å². The molecule has 1 aliphatic heterocycles. The van der Waals surface area contributed by atoms with Crippen molar-refractivity contribution < 1.29 is 27.5 Å². The molecule has 1 aliphatic rings. The van der Waals surface area contributed by atoms with Gasteiger partial charge in [0.15, 0.2) is 16.1 Å². The molecule has 1 heterocycles. The molecular formula is C31H31N3O6S. The van der Waals surface area contributed by atoms with E-state index in [1.165, 1.54) is 7.11 Å². The Morgan fingerprint density at radius 2 is 1.56 bits per heavy atom. The molecule has 0 saturated carbocycles. The van der Waals surface area contributed by atoms with E-state index < -0.39 is 39.6 Å². The molecule has 9 nitrogen and oxygen atoms in total. The van der Waals surface area contributed by atoms with Gasteiger partial charge < -0.3 is 20.5 Å².